The first-order chi connectivity index (χ1) is 17.8. The molecule has 0 unspecified atom stereocenters. The van der Waals surface area contributed by atoms with Crippen molar-refractivity contribution in [2.75, 3.05) is 0 Å². The van der Waals surface area contributed by atoms with E-state index in [0.717, 1.165) is 34.9 Å². The fourth-order valence-electron chi connectivity index (χ4n) is 2.88. The summed E-state index contributed by atoms with van der Waals surface area (Å²) in [7, 11) is 0. The highest BCUT2D eigenvalue weighted by molar-refractivity contribution is 5.79. The van der Waals surface area contributed by atoms with Gasteiger partial charge in [0.2, 0.25) is 0 Å². The van der Waals surface area contributed by atoms with Crippen molar-refractivity contribution >= 4 is 17.9 Å². The summed E-state index contributed by atoms with van der Waals surface area (Å²) in [5, 5.41) is 51.5. The number of phenolic OH excluding ortho intramolecular Hbond substituents is 3. The monoisotopic (exact) mass is 522 g/mol. The number of carboxylic acids is 3. The van der Waals surface area contributed by atoms with E-state index in [4.69, 9.17) is 15.3 Å². The van der Waals surface area contributed by atoms with Crippen LogP contribution in [0.15, 0.2) is 111 Å². The number of aliphatic carboxylic acids is 3. The first-order valence-corrected chi connectivity index (χ1v) is 10.8. The Morgan fingerprint density at radius 3 is 0.816 bits per heavy atom. The third kappa shape index (κ3) is 11.4. The lowest BCUT2D eigenvalue weighted by molar-refractivity contribution is -0.132. The van der Waals surface area contributed by atoms with Crippen LogP contribution in [0.1, 0.15) is 23.6 Å². The van der Waals surface area contributed by atoms with Gasteiger partial charge in [0.1, 0.15) is 17.2 Å². The van der Waals surface area contributed by atoms with Crippen LogP contribution >= 0.6 is 0 Å². The fraction of sp³-hybridized carbons (Fsp3) is 0.0690. The van der Waals surface area contributed by atoms with Gasteiger partial charge in [0, 0.05) is 23.6 Å². The van der Waals surface area contributed by atoms with E-state index in [9.17, 15) is 29.7 Å². The predicted molar refractivity (Wildman–Crippen MR) is 143 cm³/mol. The average molecular weight is 523 g/mol. The Hall–Kier alpha value is -5.31. The van der Waals surface area contributed by atoms with Crippen LogP contribution in [-0.4, -0.2) is 48.5 Å². The minimum Gasteiger partial charge on any atom is -0.508 e. The zero-order chi connectivity index (χ0) is 29.3. The molecule has 0 spiro atoms. The van der Waals surface area contributed by atoms with E-state index in [1.807, 2.05) is 36.4 Å². The van der Waals surface area contributed by atoms with Crippen molar-refractivity contribution in [1.82, 2.24) is 0 Å². The van der Waals surface area contributed by atoms with Crippen molar-refractivity contribution in [1.29, 1.82) is 0 Å². The van der Waals surface area contributed by atoms with Crippen LogP contribution < -0.4 is 0 Å². The summed E-state index contributed by atoms with van der Waals surface area (Å²) in [5.74, 6) is -2.30. The van der Waals surface area contributed by atoms with Crippen molar-refractivity contribution < 1.29 is 45.0 Å². The fourth-order valence-corrected chi connectivity index (χ4v) is 2.88. The largest absolute Gasteiger partial charge is 0.508 e. The number of hydrogen-bond donors (Lipinski definition) is 6. The van der Waals surface area contributed by atoms with Crippen LogP contribution in [-0.2, 0) is 19.8 Å². The number of hydrogen-bond acceptors (Lipinski definition) is 6. The molecule has 0 saturated carbocycles. The molecule has 0 aromatic heterocycles. The quantitative estimate of drug-likeness (QED) is 0.194. The van der Waals surface area contributed by atoms with Crippen LogP contribution in [0.4, 0.5) is 0 Å². The molecule has 0 radical (unpaired) electrons. The summed E-state index contributed by atoms with van der Waals surface area (Å²) in [6.45, 7) is 11.0. The van der Waals surface area contributed by atoms with Gasteiger partial charge in [0.25, 0.3) is 0 Å². The Kier molecular flexibility index (Phi) is 14.1. The average Bonchev–Trinajstić information content (AvgIpc) is 2.90. The number of rotatable bonds is 6. The van der Waals surface area contributed by atoms with E-state index in [1.165, 1.54) is 0 Å². The highest BCUT2D eigenvalue weighted by Gasteiger charge is 2.31. The molecule has 9 heteroatoms. The van der Waals surface area contributed by atoms with Crippen LogP contribution in [0.2, 0.25) is 0 Å². The SMILES string of the molecule is C=CC(=O)O.C=CC(=O)O.C=CC(=O)O.CC(c1ccc(O)cc1)(c1ccc(O)cc1)c1ccc(O)cc1. The summed E-state index contributed by atoms with van der Waals surface area (Å²) < 4.78 is 0. The Balaban J connectivity index is 0.000000751. The minimum atomic E-state index is -0.981. The molecule has 3 aromatic carbocycles. The maximum Gasteiger partial charge on any atom is 0.327 e. The molecule has 3 rings (SSSR count). The predicted octanol–water partition coefficient (Wildman–Crippen LogP) is 4.93. The zero-order valence-electron chi connectivity index (χ0n) is 20.7. The highest BCUT2D eigenvalue weighted by Crippen LogP contribution is 2.40. The lowest BCUT2D eigenvalue weighted by atomic mass is 9.71. The zero-order valence-corrected chi connectivity index (χ0v) is 20.7. The van der Waals surface area contributed by atoms with Gasteiger partial charge in [-0.05, 0) is 60.0 Å². The highest BCUT2D eigenvalue weighted by atomic mass is 16.4. The molecule has 0 aliphatic carbocycles. The van der Waals surface area contributed by atoms with Gasteiger partial charge in [-0.1, -0.05) is 56.1 Å². The Labute approximate surface area is 220 Å². The van der Waals surface area contributed by atoms with Crippen LogP contribution in [0.5, 0.6) is 17.2 Å². The van der Waals surface area contributed by atoms with Gasteiger partial charge < -0.3 is 30.6 Å². The van der Waals surface area contributed by atoms with Crippen molar-refractivity contribution in [2.24, 2.45) is 0 Å². The van der Waals surface area contributed by atoms with Gasteiger partial charge in [-0.3, -0.25) is 0 Å². The maximum atomic E-state index is 9.57. The van der Waals surface area contributed by atoms with E-state index in [2.05, 4.69) is 26.7 Å². The molecular weight excluding hydrogens is 492 g/mol. The standard InChI is InChI=1S/C20H18O3.3C3H4O2/c1-20(14-2-8-17(21)9-3-14,15-4-10-18(22)11-5-15)16-6-12-19(23)13-7-16;3*1-2-3(4)5/h2-13,21-23H,1H3;3*2H,1H2,(H,4,5). The van der Waals surface area contributed by atoms with E-state index in [0.29, 0.717) is 0 Å². The Morgan fingerprint density at radius 1 is 0.526 bits per heavy atom. The molecule has 9 nitrogen and oxygen atoms in total. The third-order valence-corrected chi connectivity index (χ3v) is 4.86. The molecule has 0 heterocycles. The first kappa shape index (κ1) is 32.7. The molecule has 0 saturated heterocycles. The number of carbonyl (C=O) groups is 3. The van der Waals surface area contributed by atoms with E-state index < -0.39 is 23.3 Å². The van der Waals surface area contributed by atoms with Gasteiger partial charge in [-0.25, -0.2) is 14.4 Å². The summed E-state index contributed by atoms with van der Waals surface area (Å²) >= 11 is 0. The van der Waals surface area contributed by atoms with Crippen molar-refractivity contribution in [3.63, 3.8) is 0 Å². The van der Waals surface area contributed by atoms with Gasteiger partial charge in [-0.15, -0.1) is 0 Å². The topological polar surface area (TPSA) is 173 Å². The van der Waals surface area contributed by atoms with Gasteiger partial charge in [-0.2, -0.15) is 0 Å². The van der Waals surface area contributed by atoms with Crippen LogP contribution in [0.3, 0.4) is 0 Å². The molecule has 0 aliphatic rings. The minimum absolute atomic E-state index is 0.215. The first-order valence-electron chi connectivity index (χ1n) is 10.8. The molecular formula is C29H30O9. The van der Waals surface area contributed by atoms with Crippen LogP contribution in [0.25, 0.3) is 0 Å². The summed E-state index contributed by atoms with van der Waals surface area (Å²) in [4.78, 5) is 27.8. The number of benzene rings is 3. The Morgan fingerprint density at radius 2 is 0.684 bits per heavy atom. The van der Waals surface area contributed by atoms with Gasteiger partial charge >= 0.3 is 17.9 Å². The lowest BCUT2D eigenvalue weighted by Crippen LogP contribution is -2.25. The van der Waals surface area contributed by atoms with E-state index in [-0.39, 0.29) is 17.2 Å². The second-order valence-electron chi connectivity index (χ2n) is 7.39. The molecule has 0 atom stereocenters. The van der Waals surface area contributed by atoms with Crippen molar-refractivity contribution in [3.05, 3.63) is 127 Å². The lowest BCUT2D eigenvalue weighted by Gasteiger charge is -2.32. The molecule has 0 amide bonds. The van der Waals surface area contributed by atoms with Crippen LogP contribution in [0, 0.1) is 0 Å². The summed E-state index contributed by atoms with van der Waals surface area (Å²) in [6.07, 6.45) is 2.50. The number of phenols is 3. The van der Waals surface area contributed by atoms with Crippen molar-refractivity contribution in [3.8, 4) is 17.2 Å². The second kappa shape index (κ2) is 16.4. The maximum absolute atomic E-state index is 9.57. The second-order valence-corrected chi connectivity index (χ2v) is 7.39. The van der Waals surface area contributed by atoms with Crippen molar-refractivity contribution in [2.45, 2.75) is 12.3 Å². The summed E-state index contributed by atoms with van der Waals surface area (Å²) in [6, 6.07) is 21.3. The molecule has 0 bridgehead atoms. The van der Waals surface area contributed by atoms with Gasteiger partial charge in [0.15, 0.2) is 0 Å². The van der Waals surface area contributed by atoms with E-state index >= 15 is 0 Å². The number of carboxylic acid groups (broad SMARTS) is 3. The molecule has 200 valence electrons. The molecule has 0 fully saturated rings. The van der Waals surface area contributed by atoms with Gasteiger partial charge in [0.05, 0.1) is 0 Å². The molecule has 38 heavy (non-hydrogen) atoms. The summed E-state index contributed by atoms with van der Waals surface area (Å²) in [5.41, 5.74) is 2.54. The molecule has 6 N–H and O–H groups in total. The molecule has 3 aromatic rings. The molecule has 0 aliphatic heterocycles. The normalized spacial score (nSPS) is 9.39. The number of aromatic hydroxyl groups is 3. The van der Waals surface area contributed by atoms with E-state index in [1.54, 1.807) is 36.4 Å². The smallest absolute Gasteiger partial charge is 0.327 e. The third-order valence-electron chi connectivity index (χ3n) is 4.86. The Bertz CT molecular complexity index is 1060.